The van der Waals surface area contributed by atoms with Gasteiger partial charge in [0.15, 0.2) is 5.79 Å². The van der Waals surface area contributed by atoms with Gasteiger partial charge in [-0.25, -0.2) is 0 Å². The molecular formula is C11H18O2. The molecule has 1 aliphatic carbocycles. The van der Waals surface area contributed by atoms with Gasteiger partial charge in [-0.2, -0.15) is 0 Å². The van der Waals surface area contributed by atoms with E-state index in [0.717, 1.165) is 26.1 Å². The lowest BCUT2D eigenvalue weighted by Crippen LogP contribution is -2.39. The van der Waals surface area contributed by atoms with Gasteiger partial charge in [0.05, 0.1) is 13.2 Å². The minimum absolute atomic E-state index is 0.225. The number of rotatable bonds is 0. The molecule has 2 aliphatic rings. The molecule has 74 valence electrons. The summed E-state index contributed by atoms with van der Waals surface area (Å²) in [6, 6.07) is 0. The predicted octanol–water partition coefficient (Wildman–Crippen LogP) is 2.50. The summed E-state index contributed by atoms with van der Waals surface area (Å²) in [5.74, 6) is -0.289. The molecule has 0 N–H and O–H groups in total. The molecule has 0 atom stereocenters. The Hall–Kier alpha value is -0.340. The summed E-state index contributed by atoms with van der Waals surface area (Å²) < 4.78 is 11.4. The third-order valence-electron chi connectivity index (χ3n) is 3.31. The van der Waals surface area contributed by atoms with E-state index in [-0.39, 0.29) is 11.2 Å². The predicted molar refractivity (Wildman–Crippen MR) is 51.4 cm³/mol. The van der Waals surface area contributed by atoms with Crippen molar-refractivity contribution in [1.82, 2.24) is 0 Å². The highest BCUT2D eigenvalue weighted by molar-refractivity contribution is 5.16. The van der Waals surface area contributed by atoms with E-state index in [9.17, 15) is 0 Å². The summed E-state index contributed by atoms with van der Waals surface area (Å²) in [5.41, 5.74) is 1.68. The van der Waals surface area contributed by atoms with Crippen LogP contribution in [0.5, 0.6) is 0 Å². The summed E-state index contributed by atoms with van der Waals surface area (Å²) in [6.07, 6.45) is 4.17. The third-order valence-corrected chi connectivity index (χ3v) is 3.31. The van der Waals surface area contributed by atoms with E-state index in [1.807, 2.05) is 0 Å². The van der Waals surface area contributed by atoms with Crippen LogP contribution >= 0.6 is 0 Å². The van der Waals surface area contributed by atoms with Crippen LogP contribution in [0.25, 0.3) is 0 Å². The zero-order valence-electron chi connectivity index (χ0n) is 8.72. The van der Waals surface area contributed by atoms with Gasteiger partial charge in [0.1, 0.15) is 0 Å². The van der Waals surface area contributed by atoms with Crippen molar-refractivity contribution in [1.29, 1.82) is 0 Å². The Morgan fingerprint density at radius 1 is 1.23 bits per heavy atom. The quantitative estimate of drug-likeness (QED) is 0.536. The molecule has 0 aromatic rings. The molecular weight excluding hydrogens is 164 g/mol. The van der Waals surface area contributed by atoms with Crippen LogP contribution in [0.3, 0.4) is 0 Å². The number of hydrogen-bond donors (Lipinski definition) is 0. The van der Waals surface area contributed by atoms with Crippen molar-refractivity contribution in [2.24, 2.45) is 5.41 Å². The fourth-order valence-corrected chi connectivity index (χ4v) is 2.19. The smallest absolute Gasteiger partial charge is 0.172 e. The molecule has 0 radical (unpaired) electrons. The van der Waals surface area contributed by atoms with Gasteiger partial charge in [0.2, 0.25) is 0 Å². The second kappa shape index (κ2) is 2.82. The maximum atomic E-state index is 5.70. The van der Waals surface area contributed by atoms with Crippen LogP contribution in [0.2, 0.25) is 0 Å². The number of hydrogen-bond acceptors (Lipinski definition) is 2. The summed E-state index contributed by atoms with van der Waals surface area (Å²) in [6.45, 7) is 8.21. The Bertz CT molecular complexity index is 234. The summed E-state index contributed by atoms with van der Waals surface area (Å²) in [4.78, 5) is 0. The molecule has 0 saturated carbocycles. The molecule has 2 nitrogen and oxygen atoms in total. The molecule has 0 bridgehead atoms. The maximum absolute atomic E-state index is 5.70. The highest BCUT2D eigenvalue weighted by atomic mass is 16.7. The molecule has 0 aromatic heterocycles. The van der Waals surface area contributed by atoms with Gasteiger partial charge in [-0.3, -0.25) is 0 Å². The maximum Gasteiger partial charge on any atom is 0.172 e. The average molecular weight is 182 g/mol. The minimum Gasteiger partial charge on any atom is -0.347 e. The van der Waals surface area contributed by atoms with Gasteiger partial charge < -0.3 is 9.47 Å². The zero-order chi connectivity index (χ0) is 9.53. The Kier molecular flexibility index (Phi) is 2.00. The molecule has 2 heteroatoms. The van der Waals surface area contributed by atoms with E-state index in [4.69, 9.17) is 9.47 Å². The lowest BCUT2D eigenvalue weighted by atomic mass is 9.74. The normalized spacial score (nSPS) is 30.5. The van der Waals surface area contributed by atoms with Crippen LogP contribution in [0.15, 0.2) is 11.6 Å². The first-order valence-corrected chi connectivity index (χ1v) is 4.99. The molecule has 13 heavy (non-hydrogen) atoms. The molecule has 0 unspecified atom stereocenters. The number of ether oxygens (including phenoxy) is 2. The second-order valence-corrected chi connectivity index (χ2v) is 4.76. The summed E-state index contributed by atoms with van der Waals surface area (Å²) in [7, 11) is 0. The lowest BCUT2D eigenvalue weighted by Gasteiger charge is -2.40. The Labute approximate surface area is 79.9 Å². The fraction of sp³-hybridized carbons (Fsp3) is 0.818. The zero-order valence-corrected chi connectivity index (χ0v) is 8.72. The SMILES string of the molecule is CC1=CCC2(CC1(C)C)OCCO2. The van der Waals surface area contributed by atoms with Crippen molar-refractivity contribution in [3.8, 4) is 0 Å². The molecule has 0 aromatic carbocycles. The molecule has 1 saturated heterocycles. The Balaban J connectivity index is 2.21. The summed E-state index contributed by atoms with van der Waals surface area (Å²) in [5, 5.41) is 0. The van der Waals surface area contributed by atoms with Gasteiger partial charge in [-0.05, 0) is 12.3 Å². The highest BCUT2D eigenvalue weighted by Gasteiger charge is 2.44. The summed E-state index contributed by atoms with van der Waals surface area (Å²) >= 11 is 0. The fourth-order valence-electron chi connectivity index (χ4n) is 2.19. The van der Waals surface area contributed by atoms with Gasteiger partial charge >= 0.3 is 0 Å². The van der Waals surface area contributed by atoms with Crippen LogP contribution in [0, 0.1) is 5.41 Å². The topological polar surface area (TPSA) is 18.5 Å². The van der Waals surface area contributed by atoms with E-state index >= 15 is 0 Å². The molecule has 1 heterocycles. The second-order valence-electron chi connectivity index (χ2n) is 4.76. The van der Waals surface area contributed by atoms with Crippen molar-refractivity contribution in [3.05, 3.63) is 11.6 Å². The van der Waals surface area contributed by atoms with Crippen molar-refractivity contribution < 1.29 is 9.47 Å². The van der Waals surface area contributed by atoms with Crippen LogP contribution in [0.4, 0.5) is 0 Å². The Morgan fingerprint density at radius 2 is 1.85 bits per heavy atom. The van der Waals surface area contributed by atoms with Crippen molar-refractivity contribution in [2.45, 2.75) is 39.4 Å². The highest BCUT2D eigenvalue weighted by Crippen LogP contribution is 2.44. The van der Waals surface area contributed by atoms with Crippen LogP contribution in [0.1, 0.15) is 33.6 Å². The van der Waals surface area contributed by atoms with Gasteiger partial charge in [-0.1, -0.05) is 25.5 Å². The standard InChI is InChI=1S/C11H18O2/c1-9-4-5-11(8-10(9,2)3)12-6-7-13-11/h4H,5-8H2,1-3H3. The minimum atomic E-state index is -0.289. The van der Waals surface area contributed by atoms with Crippen LogP contribution in [-0.2, 0) is 9.47 Å². The van der Waals surface area contributed by atoms with Crippen LogP contribution < -0.4 is 0 Å². The first-order valence-electron chi connectivity index (χ1n) is 4.99. The van der Waals surface area contributed by atoms with Crippen LogP contribution in [-0.4, -0.2) is 19.0 Å². The van der Waals surface area contributed by atoms with E-state index < -0.39 is 0 Å². The number of allylic oxidation sites excluding steroid dienone is 1. The lowest BCUT2D eigenvalue weighted by molar-refractivity contribution is -0.176. The largest absolute Gasteiger partial charge is 0.347 e. The van der Waals surface area contributed by atoms with Gasteiger partial charge in [-0.15, -0.1) is 0 Å². The van der Waals surface area contributed by atoms with E-state index in [0.29, 0.717) is 0 Å². The molecule has 1 aliphatic heterocycles. The van der Waals surface area contributed by atoms with Crippen molar-refractivity contribution >= 4 is 0 Å². The van der Waals surface area contributed by atoms with Crippen molar-refractivity contribution in [2.75, 3.05) is 13.2 Å². The first kappa shape index (κ1) is 9.22. The van der Waals surface area contributed by atoms with Gasteiger partial charge in [0, 0.05) is 12.8 Å². The molecule has 1 spiro atoms. The first-order chi connectivity index (χ1) is 6.04. The average Bonchev–Trinajstić information content (AvgIpc) is 2.46. The third kappa shape index (κ3) is 1.53. The van der Waals surface area contributed by atoms with Gasteiger partial charge in [0.25, 0.3) is 0 Å². The molecule has 0 amide bonds. The van der Waals surface area contributed by atoms with E-state index in [1.54, 1.807) is 0 Å². The Morgan fingerprint density at radius 3 is 2.38 bits per heavy atom. The molecule has 1 fully saturated rings. The van der Waals surface area contributed by atoms with Crippen molar-refractivity contribution in [3.63, 3.8) is 0 Å². The monoisotopic (exact) mass is 182 g/mol. The molecule has 2 rings (SSSR count). The van der Waals surface area contributed by atoms with E-state index in [1.165, 1.54) is 5.57 Å². The van der Waals surface area contributed by atoms with E-state index in [2.05, 4.69) is 26.8 Å².